The second-order valence-corrected chi connectivity index (χ2v) is 4.02. The quantitative estimate of drug-likeness (QED) is 0.786. The van der Waals surface area contributed by atoms with Crippen molar-refractivity contribution in [3.8, 4) is 0 Å². The summed E-state index contributed by atoms with van der Waals surface area (Å²) < 4.78 is 0. The first-order valence-electron chi connectivity index (χ1n) is 4.31. The van der Waals surface area contributed by atoms with Crippen LogP contribution in [0.15, 0.2) is 30.5 Å². The molecule has 72 valence electrons. The SMILES string of the molecule is Clc1cccc2[nH]cc(C=CCBr)c12. The van der Waals surface area contributed by atoms with Gasteiger partial charge in [-0.3, -0.25) is 0 Å². The van der Waals surface area contributed by atoms with Crippen LogP contribution in [-0.4, -0.2) is 10.3 Å². The Morgan fingerprint density at radius 2 is 2.29 bits per heavy atom. The van der Waals surface area contributed by atoms with Gasteiger partial charge in [-0.25, -0.2) is 0 Å². The molecule has 0 aliphatic carbocycles. The minimum absolute atomic E-state index is 0.790. The van der Waals surface area contributed by atoms with Crippen LogP contribution in [0.5, 0.6) is 0 Å². The van der Waals surface area contributed by atoms with E-state index in [0.717, 1.165) is 26.8 Å². The maximum Gasteiger partial charge on any atom is 0.0505 e. The summed E-state index contributed by atoms with van der Waals surface area (Å²) in [6.07, 6.45) is 6.07. The summed E-state index contributed by atoms with van der Waals surface area (Å²) in [4.78, 5) is 3.19. The van der Waals surface area contributed by atoms with E-state index in [1.54, 1.807) is 0 Å². The Kier molecular flexibility index (Phi) is 2.94. The number of hydrogen-bond acceptors (Lipinski definition) is 0. The number of hydrogen-bond donors (Lipinski definition) is 1. The van der Waals surface area contributed by atoms with E-state index in [9.17, 15) is 0 Å². The molecule has 0 spiro atoms. The van der Waals surface area contributed by atoms with Gasteiger partial charge in [-0.05, 0) is 12.1 Å². The van der Waals surface area contributed by atoms with Gasteiger partial charge in [-0.2, -0.15) is 0 Å². The minimum Gasteiger partial charge on any atom is -0.361 e. The molecule has 0 radical (unpaired) electrons. The molecule has 0 aliphatic rings. The van der Waals surface area contributed by atoms with Gasteiger partial charge in [0.15, 0.2) is 0 Å². The predicted molar refractivity (Wildman–Crippen MR) is 66.1 cm³/mol. The lowest BCUT2D eigenvalue weighted by molar-refractivity contribution is 1.47. The van der Waals surface area contributed by atoms with E-state index < -0.39 is 0 Å². The van der Waals surface area contributed by atoms with Crippen molar-refractivity contribution in [2.75, 3.05) is 5.33 Å². The van der Waals surface area contributed by atoms with Gasteiger partial charge in [0.05, 0.1) is 5.02 Å². The lowest BCUT2D eigenvalue weighted by Gasteiger charge is -1.94. The van der Waals surface area contributed by atoms with Crippen molar-refractivity contribution in [1.29, 1.82) is 0 Å². The smallest absolute Gasteiger partial charge is 0.0505 e. The van der Waals surface area contributed by atoms with Gasteiger partial charge in [0.1, 0.15) is 0 Å². The van der Waals surface area contributed by atoms with E-state index in [4.69, 9.17) is 11.6 Å². The zero-order chi connectivity index (χ0) is 9.97. The first kappa shape index (κ1) is 9.81. The number of H-pyrrole nitrogens is 1. The topological polar surface area (TPSA) is 15.8 Å². The molecule has 1 aromatic heterocycles. The number of allylic oxidation sites excluding steroid dienone is 1. The Labute approximate surface area is 95.9 Å². The molecular weight excluding hydrogens is 261 g/mol. The fourth-order valence-corrected chi connectivity index (χ4v) is 1.94. The molecule has 1 aromatic carbocycles. The highest BCUT2D eigenvalue weighted by Crippen LogP contribution is 2.27. The number of aromatic nitrogens is 1. The third-order valence-electron chi connectivity index (χ3n) is 2.07. The van der Waals surface area contributed by atoms with Crippen molar-refractivity contribution in [2.45, 2.75) is 0 Å². The van der Waals surface area contributed by atoms with E-state index in [0.29, 0.717) is 0 Å². The van der Waals surface area contributed by atoms with Crippen molar-refractivity contribution >= 4 is 44.5 Å². The molecule has 0 fully saturated rings. The first-order chi connectivity index (χ1) is 6.83. The zero-order valence-corrected chi connectivity index (χ0v) is 9.77. The Hall–Kier alpha value is -0.730. The van der Waals surface area contributed by atoms with Crippen LogP contribution in [0.3, 0.4) is 0 Å². The van der Waals surface area contributed by atoms with Crippen LogP contribution in [-0.2, 0) is 0 Å². The maximum absolute atomic E-state index is 6.12. The lowest BCUT2D eigenvalue weighted by atomic mass is 10.1. The van der Waals surface area contributed by atoms with E-state index >= 15 is 0 Å². The number of aromatic amines is 1. The van der Waals surface area contributed by atoms with Gasteiger partial charge < -0.3 is 4.98 Å². The molecule has 0 amide bonds. The van der Waals surface area contributed by atoms with Gasteiger partial charge >= 0.3 is 0 Å². The van der Waals surface area contributed by atoms with Gasteiger partial charge in [0, 0.05) is 28.0 Å². The summed E-state index contributed by atoms with van der Waals surface area (Å²) in [5, 5.41) is 2.73. The number of halogens is 2. The molecule has 14 heavy (non-hydrogen) atoms. The molecule has 2 rings (SSSR count). The Morgan fingerprint density at radius 1 is 1.43 bits per heavy atom. The molecule has 0 atom stereocenters. The number of benzene rings is 1. The highest BCUT2D eigenvalue weighted by molar-refractivity contribution is 9.09. The average molecular weight is 271 g/mol. The molecule has 0 saturated carbocycles. The molecule has 2 aromatic rings. The Morgan fingerprint density at radius 3 is 3.07 bits per heavy atom. The fraction of sp³-hybridized carbons (Fsp3) is 0.0909. The minimum atomic E-state index is 0.790. The van der Waals surface area contributed by atoms with Crippen molar-refractivity contribution in [1.82, 2.24) is 4.98 Å². The summed E-state index contributed by atoms with van der Waals surface area (Å²) >= 11 is 9.46. The molecule has 1 nitrogen and oxygen atoms in total. The van der Waals surface area contributed by atoms with Crippen LogP contribution in [0.1, 0.15) is 5.56 Å². The van der Waals surface area contributed by atoms with Crippen LogP contribution in [0.4, 0.5) is 0 Å². The molecule has 1 N–H and O–H groups in total. The van der Waals surface area contributed by atoms with Crippen LogP contribution in [0, 0.1) is 0 Å². The molecule has 0 bridgehead atoms. The van der Waals surface area contributed by atoms with E-state index in [2.05, 4.69) is 27.0 Å². The van der Waals surface area contributed by atoms with E-state index in [1.807, 2.05) is 30.5 Å². The summed E-state index contributed by atoms with van der Waals surface area (Å²) in [5.74, 6) is 0. The molecule has 0 unspecified atom stereocenters. The third kappa shape index (κ3) is 1.72. The summed E-state index contributed by atoms with van der Waals surface area (Å²) in [5.41, 5.74) is 2.21. The predicted octanol–water partition coefficient (Wildman–Crippen LogP) is 4.23. The second-order valence-electron chi connectivity index (χ2n) is 2.96. The fourth-order valence-electron chi connectivity index (χ4n) is 1.47. The average Bonchev–Trinajstić information content (AvgIpc) is 2.59. The third-order valence-corrected chi connectivity index (χ3v) is 2.76. The van der Waals surface area contributed by atoms with Gasteiger partial charge in [0.2, 0.25) is 0 Å². The first-order valence-corrected chi connectivity index (χ1v) is 5.81. The van der Waals surface area contributed by atoms with Crippen molar-refractivity contribution in [3.63, 3.8) is 0 Å². The number of nitrogens with one attached hydrogen (secondary N) is 1. The molecular formula is C11H9BrClN. The van der Waals surface area contributed by atoms with Crippen LogP contribution < -0.4 is 0 Å². The molecule has 0 aliphatic heterocycles. The summed E-state index contributed by atoms with van der Waals surface area (Å²) in [6, 6.07) is 5.87. The largest absolute Gasteiger partial charge is 0.361 e. The molecule has 1 heterocycles. The maximum atomic E-state index is 6.12. The van der Waals surface area contributed by atoms with Crippen LogP contribution in [0.25, 0.3) is 17.0 Å². The number of rotatable bonds is 2. The second kappa shape index (κ2) is 4.20. The number of fused-ring (bicyclic) bond motifs is 1. The highest BCUT2D eigenvalue weighted by atomic mass is 79.9. The standard InChI is InChI=1S/C11H9BrClN/c12-6-2-3-8-7-14-10-5-1-4-9(13)11(8)10/h1-5,7,14H,6H2. The number of alkyl halides is 1. The zero-order valence-electron chi connectivity index (χ0n) is 7.43. The van der Waals surface area contributed by atoms with Crippen molar-refractivity contribution < 1.29 is 0 Å². The van der Waals surface area contributed by atoms with Crippen molar-refractivity contribution in [3.05, 3.63) is 41.1 Å². The monoisotopic (exact) mass is 269 g/mol. The van der Waals surface area contributed by atoms with E-state index in [1.165, 1.54) is 0 Å². The van der Waals surface area contributed by atoms with Gasteiger partial charge in [-0.15, -0.1) is 0 Å². The Balaban J connectivity index is 2.61. The van der Waals surface area contributed by atoms with Gasteiger partial charge in [0.25, 0.3) is 0 Å². The highest BCUT2D eigenvalue weighted by Gasteiger charge is 2.03. The van der Waals surface area contributed by atoms with Gasteiger partial charge in [-0.1, -0.05) is 45.7 Å². The Bertz CT molecular complexity index is 473. The van der Waals surface area contributed by atoms with E-state index in [-0.39, 0.29) is 0 Å². The summed E-state index contributed by atoms with van der Waals surface area (Å²) in [7, 11) is 0. The lowest BCUT2D eigenvalue weighted by Crippen LogP contribution is -1.71. The molecule has 0 saturated heterocycles. The van der Waals surface area contributed by atoms with Crippen molar-refractivity contribution in [2.24, 2.45) is 0 Å². The van der Waals surface area contributed by atoms with Crippen LogP contribution in [0.2, 0.25) is 5.02 Å². The van der Waals surface area contributed by atoms with Crippen LogP contribution >= 0.6 is 27.5 Å². The summed E-state index contributed by atoms with van der Waals surface area (Å²) in [6.45, 7) is 0. The molecule has 3 heteroatoms. The normalized spacial score (nSPS) is 11.6.